The molecule has 0 fully saturated rings. The fourth-order valence-corrected chi connectivity index (χ4v) is 2.72. The summed E-state index contributed by atoms with van der Waals surface area (Å²) in [4.78, 5) is 5.88. The SMILES string of the molecule is Cc1ccc(Cc2ncc(C(C)C)s2)cc1C. The van der Waals surface area contributed by atoms with Gasteiger partial charge in [0.15, 0.2) is 0 Å². The molecular formula is C15H19NS. The molecule has 1 aromatic heterocycles. The fourth-order valence-electron chi connectivity index (χ4n) is 1.76. The molecule has 2 heteroatoms. The third kappa shape index (κ3) is 2.95. The Labute approximate surface area is 108 Å². The summed E-state index contributed by atoms with van der Waals surface area (Å²) in [6.07, 6.45) is 2.98. The minimum absolute atomic E-state index is 0.584. The van der Waals surface area contributed by atoms with Crippen molar-refractivity contribution in [2.24, 2.45) is 0 Å². The average Bonchev–Trinajstić information content (AvgIpc) is 2.72. The van der Waals surface area contributed by atoms with Crippen LogP contribution in [0.4, 0.5) is 0 Å². The maximum atomic E-state index is 4.50. The Hall–Kier alpha value is -1.15. The molecule has 0 saturated heterocycles. The van der Waals surface area contributed by atoms with Crippen LogP contribution < -0.4 is 0 Å². The molecule has 0 aliphatic heterocycles. The van der Waals surface area contributed by atoms with Crippen molar-refractivity contribution in [3.63, 3.8) is 0 Å². The molecule has 2 rings (SSSR count). The number of nitrogens with zero attached hydrogens (tertiary/aromatic N) is 1. The monoisotopic (exact) mass is 245 g/mol. The first-order valence-electron chi connectivity index (χ1n) is 6.07. The number of thiazole rings is 1. The second kappa shape index (κ2) is 5.01. The molecular weight excluding hydrogens is 226 g/mol. The Kier molecular flexibility index (Phi) is 3.63. The number of hydrogen-bond acceptors (Lipinski definition) is 2. The quantitative estimate of drug-likeness (QED) is 0.777. The summed E-state index contributed by atoms with van der Waals surface area (Å²) >= 11 is 1.83. The minimum Gasteiger partial charge on any atom is -0.249 e. The van der Waals surface area contributed by atoms with Gasteiger partial charge < -0.3 is 0 Å². The first kappa shape index (κ1) is 12.3. The van der Waals surface area contributed by atoms with Gasteiger partial charge in [-0.1, -0.05) is 32.0 Å². The third-order valence-corrected chi connectivity index (χ3v) is 4.37. The van der Waals surface area contributed by atoms with Crippen LogP contribution >= 0.6 is 11.3 Å². The summed E-state index contributed by atoms with van der Waals surface area (Å²) in [6, 6.07) is 6.67. The largest absolute Gasteiger partial charge is 0.249 e. The highest BCUT2D eigenvalue weighted by molar-refractivity contribution is 7.11. The van der Waals surface area contributed by atoms with Crippen LogP contribution in [0.3, 0.4) is 0 Å². The third-order valence-electron chi connectivity index (χ3n) is 3.07. The molecule has 0 bridgehead atoms. The fraction of sp³-hybridized carbons (Fsp3) is 0.400. The Morgan fingerprint density at radius 2 is 1.94 bits per heavy atom. The van der Waals surface area contributed by atoms with E-state index in [-0.39, 0.29) is 0 Å². The van der Waals surface area contributed by atoms with Gasteiger partial charge in [0.2, 0.25) is 0 Å². The predicted molar refractivity (Wildman–Crippen MR) is 74.9 cm³/mol. The van der Waals surface area contributed by atoms with E-state index in [2.05, 4.69) is 50.9 Å². The minimum atomic E-state index is 0.584. The van der Waals surface area contributed by atoms with E-state index in [1.54, 1.807) is 0 Å². The molecule has 0 saturated carbocycles. The highest BCUT2D eigenvalue weighted by Gasteiger charge is 2.06. The van der Waals surface area contributed by atoms with Gasteiger partial charge in [0.25, 0.3) is 0 Å². The van der Waals surface area contributed by atoms with Crippen LogP contribution in [-0.2, 0) is 6.42 Å². The van der Waals surface area contributed by atoms with Crippen molar-refractivity contribution in [1.82, 2.24) is 4.98 Å². The Bertz CT molecular complexity index is 511. The molecule has 0 amide bonds. The Morgan fingerprint density at radius 1 is 1.18 bits per heavy atom. The molecule has 1 heterocycles. The zero-order valence-corrected chi connectivity index (χ0v) is 11.8. The van der Waals surface area contributed by atoms with Gasteiger partial charge in [0.1, 0.15) is 0 Å². The Morgan fingerprint density at radius 3 is 2.53 bits per heavy atom. The van der Waals surface area contributed by atoms with Crippen LogP contribution in [0.15, 0.2) is 24.4 Å². The van der Waals surface area contributed by atoms with Crippen LogP contribution in [0.2, 0.25) is 0 Å². The van der Waals surface area contributed by atoms with Crippen molar-refractivity contribution >= 4 is 11.3 Å². The summed E-state index contributed by atoms with van der Waals surface area (Å²) in [5.74, 6) is 0.584. The topological polar surface area (TPSA) is 12.9 Å². The normalized spacial score (nSPS) is 11.1. The van der Waals surface area contributed by atoms with Crippen molar-refractivity contribution in [3.8, 4) is 0 Å². The van der Waals surface area contributed by atoms with Crippen LogP contribution in [0.25, 0.3) is 0 Å². The number of rotatable bonds is 3. The van der Waals surface area contributed by atoms with E-state index in [9.17, 15) is 0 Å². The lowest BCUT2D eigenvalue weighted by Gasteiger charge is -2.03. The summed E-state index contributed by atoms with van der Waals surface area (Å²) in [6.45, 7) is 8.75. The molecule has 2 aromatic rings. The summed E-state index contributed by atoms with van der Waals surface area (Å²) in [5, 5.41) is 1.22. The lowest BCUT2D eigenvalue weighted by atomic mass is 10.0. The van der Waals surface area contributed by atoms with Crippen molar-refractivity contribution in [2.45, 2.75) is 40.0 Å². The summed E-state index contributed by atoms with van der Waals surface area (Å²) < 4.78 is 0. The van der Waals surface area contributed by atoms with E-state index in [1.165, 1.54) is 26.6 Å². The van der Waals surface area contributed by atoms with E-state index in [0.29, 0.717) is 5.92 Å². The molecule has 0 atom stereocenters. The zero-order chi connectivity index (χ0) is 12.4. The van der Waals surface area contributed by atoms with E-state index < -0.39 is 0 Å². The number of aromatic nitrogens is 1. The lowest BCUT2D eigenvalue weighted by molar-refractivity contribution is 0.885. The second-order valence-corrected chi connectivity index (χ2v) is 6.05. The molecule has 90 valence electrons. The second-order valence-electron chi connectivity index (χ2n) is 4.91. The molecule has 1 nitrogen and oxygen atoms in total. The smallest absolute Gasteiger partial charge is 0.0971 e. The highest BCUT2D eigenvalue weighted by Crippen LogP contribution is 2.24. The van der Waals surface area contributed by atoms with E-state index in [4.69, 9.17) is 0 Å². The molecule has 0 radical (unpaired) electrons. The average molecular weight is 245 g/mol. The first-order valence-corrected chi connectivity index (χ1v) is 6.88. The van der Waals surface area contributed by atoms with Crippen molar-refractivity contribution in [1.29, 1.82) is 0 Å². The molecule has 0 spiro atoms. The van der Waals surface area contributed by atoms with Gasteiger partial charge in [0, 0.05) is 17.5 Å². The highest BCUT2D eigenvalue weighted by atomic mass is 32.1. The molecule has 0 unspecified atom stereocenters. The van der Waals surface area contributed by atoms with Crippen LogP contribution in [-0.4, -0.2) is 4.98 Å². The van der Waals surface area contributed by atoms with Crippen molar-refractivity contribution in [3.05, 3.63) is 51.0 Å². The van der Waals surface area contributed by atoms with Gasteiger partial charge in [-0.05, 0) is 36.5 Å². The number of aryl methyl sites for hydroxylation is 2. The standard InChI is InChI=1S/C15H19NS/c1-10(2)14-9-16-15(17-14)8-13-6-5-11(3)12(4)7-13/h5-7,9-10H,8H2,1-4H3. The number of hydrogen-bond donors (Lipinski definition) is 0. The molecule has 17 heavy (non-hydrogen) atoms. The molecule has 0 aliphatic carbocycles. The van der Waals surface area contributed by atoms with Gasteiger partial charge in [-0.25, -0.2) is 4.98 Å². The molecule has 1 aromatic carbocycles. The molecule has 0 aliphatic rings. The van der Waals surface area contributed by atoms with Crippen LogP contribution in [0.1, 0.15) is 46.3 Å². The maximum absolute atomic E-state index is 4.50. The van der Waals surface area contributed by atoms with E-state index in [1.807, 2.05) is 17.5 Å². The maximum Gasteiger partial charge on any atom is 0.0971 e. The van der Waals surface area contributed by atoms with Crippen molar-refractivity contribution in [2.75, 3.05) is 0 Å². The van der Waals surface area contributed by atoms with Gasteiger partial charge >= 0.3 is 0 Å². The van der Waals surface area contributed by atoms with Crippen LogP contribution in [0.5, 0.6) is 0 Å². The van der Waals surface area contributed by atoms with Crippen LogP contribution in [0, 0.1) is 13.8 Å². The lowest BCUT2D eigenvalue weighted by Crippen LogP contribution is -1.89. The van der Waals surface area contributed by atoms with Gasteiger partial charge in [-0.2, -0.15) is 0 Å². The van der Waals surface area contributed by atoms with Crippen molar-refractivity contribution < 1.29 is 0 Å². The summed E-state index contributed by atoms with van der Waals surface area (Å²) in [7, 11) is 0. The van der Waals surface area contributed by atoms with E-state index >= 15 is 0 Å². The zero-order valence-electron chi connectivity index (χ0n) is 10.9. The summed E-state index contributed by atoms with van der Waals surface area (Å²) in [5.41, 5.74) is 4.08. The van der Waals surface area contributed by atoms with Gasteiger partial charge in [-0.15, -0.1) is 11.3 Å². The van der Waals surface area contributed by atoms with Gasteiger partial charge in [0.05, 0.1) is 5.01 Å². The Balaban J connectivity index is 2.16. The predicted octanol–water partition coefficient (Wildman–Crippen LogP) is 4.47. The first-order chi connectivity index (χ1) is 8.06. The van der Waals surface area contributed by atoms with Gasteiger partial charge in [-0.3, -0.25) is 0 Å². The molecule has 0 N–H and O–H groups in total. The number of benzene rings is 1. The van der Waals surface area contributed by atoms with E-state index in [0.717, 1.165) is 6.42 Å².